The van der Waals surface area contributed by atoms with Crippen LogP contribution in [0, 0.1) is 16.7 Å². The molecule has 0 bridgehead atoms. The predicted molar refractivity (Wildman–Crippen MR) is 115 cm³/mol. The van der Waals surface area contributed by atoms with Gasteiger partial charge in [-0.15, -0.1) is 11.3 Å². The molecule has 4 N–H and O–H groups in total. The van der Waals surface area contributed by atoms with E-state index in [1.165, 1.54) is 11.3 Å². The quantitative estimate of drug-likeness (QED) is 0.409. The van der Waals surface area contributed by atoms with Crippen LogP contribution in [-0.2, 0) is 0 Å². The molecule has 28 heavy (non-hydrogen) atoms. The van der Waals surface area contributed by atoms with Crippen LogP contribution in [-0.4, -0.2) is 29.2 Å². The van der Waals surface area contributed by atoms with Gasteiger partial charge in [-0.2, -0.15) is 5.26 Å². The molecule has 0 saturated carbocycles. The van der Waals surface area contributed by atoms with Crippen LogP contribution in [0.4, 0.5) is 5.95 Å². The Hall–Kier alpha value is -2.99. The number of nitrogens with one attached hydrogen (secondary N) is 2. The maximum atomic E-state index is 9.92. The van der Waals surface area contributed by atoms with Crippen LogP contribution < -0.4 is 11.1 Å². The van der Waals surface area contributed by atoms with E-state index < -0.39 is 0 Å². The molecule has 0 atom stereocenters. The number of nitrogens with two attached hydrogens (primary N) is 1. The summed E-state index contributed by atoms with van der Waals surface area (Å²) in [7, 11) is 1.71. The summed E-state index contributed by atoms with van der Waals surface area (Å²) < 4.78 is 0. The van der Waals surface area contributed by atoms with Gasteiger partial charge in [0.15, 0.2) is 0 Å². The first-order valence-corrected chi connectivity index (χ1v) is 9.43. The lowest BCUT2D eigenvalue weighted by molar-refractivity contribution is 1.16. The number of anilines is 1. The van der Waals surface area contributed by atoms with Gasteiger partial charge >= 0.3 is 0 Å². The van der Waals surface area contributed by atoms with Crippen LogP contribution in [0.3, 0.4) is 0 Å². The van der Waals surface area contributed by atoms with Crippen LogP contribution in [0.1, 0.15) is 10.4 Å². The third-order valence-corrected chi connectivity index (χ3v) is 5.55. The molecular weight excluding hydrogens is 417 g/mol. The van der Waals surface area contributed by atoms with Gasteiger partial charge in [0.1, 0.15) is 18.2 Å². The lowest BCUT2D eigenvalue weighted by atomic mass is 9.99. The molecule has 0 aliphatic rings. The highest BCUT2D eigenvalue weighted by molar-refractivity contribution is 7.18. The Morgan fingerprint density at radius 3 is 2.82 bits per heavy atom. The topological polar surface area (TPSA) is 124 Å². The highest BCUT2D eigenvalue weighted by Gasteiger charge is 2.25. The maximum absolute atomic E-state index is 9.92. The largest absolute Gasteiger partial charge is 0.382 e. The monoisotopic (exact) mass is 429 g/mol. The fraction of sp³-hybridized carbons (Fsp3) is 0.0556. The number of benzene rings is 1. The van der Waals surface area contributed by atoms with Crippen molar-refractivity contribution in [2.45, 2.75) is 0 Å². The van der Waals surface area contributed by atoms with Crippen LogP contribution in [0.2, 0.25) is 10.0 Å². The summed E-state index contributed by atoms with van der Waals surface area (Å²) in [5.74, 6) is 0.523. The number of halogens is 2. The summed E-state index contributed by atoms with van der Waals surface area (Å²) in [5.41, 5.74) is 8.11. The molecule has 10 heteroatoms. The highest BCUT2D eigenvalue weighted by atomic mass is 35.5. The molecule has 0 aliphatic heterocycles. The van der Waals surface area contributed by atoms with Crippen molar-refractivity contribution in [3.05, 3.63) is 50.9 Å². The zero-order valence-electron chi connectivity index (χ0n) is 14.5. The van der Waals surface area contributed by atoms with Crippen molar-refractivity contribution in [2.24, 2.45) is 10.7 Å². The Kier molecular flexibility index (Phi) is 5.90. The fourth-order valence-electron chi connectivity index (χ4n) is 2.58. The number of hydrogen-bond acceptors (Lipinski definition) is 6. The Bertz CT molecular complexity index is 1130. The van der Waals surface area contributed by atoms with Gasteiger partial charge in [-0.3, -0.25) is 5.41 Å². The number of amidine groups is 1. The zero-order valence-corrected chi connectivity index (χ0v) is 16.8. The third-order valence-electron chi connectivity index (χ3n) is 3.77. The minimum Gasteiger partial charge on any atom is -0.382 e. The van der Waals surface area contributed by atoms with Crippen molar-refractivity contribution in [3.8, 4) is 27.8 Å². The van der Waals surface area contributed by atoms with E-state index in [-0.39, 0.29) is 5.84 Å². The normalized spacial score (nSPS) is 11.1. The average molecular weight is 430 g/mol. The van der Waals surface area contributed by atoms with E-state index in [2.05, 4.69) is 26.3 Å². The van der Waals surface area contributed by atoms with Crippen LogP contribution in [0.25, 0.3) is 21.7 Å². The van der Waals surface area contributed by atoms with Crippen molar-refractivity contribution < 1.29 is 0 Å². The standard InChI is InChI=1S/C18H13Cl2N7S/c1-24-18-25-5-4-13(27-18)15-11(7-21)14(16(28-15)17(23)26-8-22)10-3-2-9(19)6-12(10)20/h2-6,8H,1H3,(H3,22,23,26)(H,24,25,27). The van der Waals surface area contributed by atoms with E-state index in [9.17, 15) is 5.26 Å². The van der Waals surface area contributed by atoms with Gasteiger partial charge in [0.2, 0.25) is 5.95 Å². The second-order valence-corrected chi connectivity index (χ2v) is 7.27. The summed E-state index contributed by atoms with van der Waals surface area (Å²) in [4.78, 5) is 13.5. The first kappa shape index (κ1) is 19.8. The number of nitrogens with zero attached hydrogens (tertiary/aromatic N) is 4. The maximum Gasteiger partial charge on any atom is 0.222 e. The van der Waals surface area contributed by atoms with E-state index in [1.54, 1.807) is 37.5 Å². The molecule has 0 unspecified atom stereocenters. The van der Waals surface area contributed by atoms with Gasteiger partial charge in [-0.25, -0.2) is 15.0 Å². The number of aliphatic imine (C=N–C) groups is 1. The first-order valence-electron chi connectivity index (χ1n) is 7.86. The summed E-state index contributed by atoms with van der Waals surface area (Å²) in [5, 5.41) is 20.9. The minimum absolute atomic E-state index is 0.103. The van der Waals surface area contributed by atoms with Crippen molar-refractivity contribution in [1.82, 2.24) is 9.97 Å². The number of aromatic nitrogens is 2. The molecule has 0 radical (unpaired) electrons. The number of rotatable bonds is 5. The van der Waals surface area contributed by atoms with Crippen LogP contribution in [0.5, 0.6) is 0 Å². The van der Waals surface area contributed by atoms with Crippen LogP contribution >= 0.6 is 34.5 Å². The summed E-state index contributed by atoms with van der Waals surface area (Å²) in [6.07, 6.45) is 2.44. The molecule has 2 heterocycles. The number of hydrogen-bond donors (Lipinski definition) is 3. The SMILES string of the molecule is CNc1nccc(-c2sc(C(N)=NC=N)c(-c3ccc(Cl)cc3Cl)c2C#N)n1. The van der Waals surface area contributed by atoms with E-state index >= 15 is 0 Å². The van der Waals surface area contributed by atoms with E-state index in [0.717, 1.165) is 6.34 Å². The molecule has 2 aromatic heterocycles. The molecule has 3 aromatic rings. The molecule has 1 aromatic carbocycles. The smallest absolute Gasteiger partial charge is 0.222 e. The van der Waals surface area contributed by atoms with Crippen molar-refractivity contribution in [2.75, 3.05) is 12.4 Å². The minimum atomic E-state index is 0.103. The highest BCUT2D eigenvalue weighted by Crippen LogP contribution is 2.44. The second kappa shape index (κ2) is 8.35. The number of thiophene rings is 1. The molecule has 0 amide bonds. The summed E-state index contributed by atoms with van der Waals surface area (Å²) >= 11 is 13.7. The summed E-state index contributed by atoms with van der Waals surface area (Å²) in [6.45, 7) is 0. The van der Waals surface area contributed by atoms with Gasteiger partial charge < -0.3 is 11.1 Å². The molecule has 7 nitrogen and oxygen atoms in total. The van der Waals surface area contributed by atoms with Gasteiger partial charge in [-0.05, 0) is 18.2 Å². The lowest BCUT2D eigenvalue weighted by Crippen LogP contribution is -2.12. The lowest BCUT2D eigenvalue weighted by Gasteiger charge is -2.07. The Morgan fingerprint density at radius 2 is 2.18 bits per heavy atom. The Morgan fingerprint density at radius 1 is 1.39 bits per heavy atom. The zero-order chi connectivity index (χ0) is 20.3. The van der Waals surface area contributed by atoms with Gasteiger partial charge in [0.25, 0.3) is 0 Å². The molecular formula is C18H13Cl2N7S. The van der Waals surface area contributed by atoms with Gasteiger partial charge in [-0.1, -0.05) is 29.3 Å². The molecule has 0 spiro atoms. The van der Waals surface area contributed by atoms with E-state index in [0.29, 0.717) is 48.1 Å². The van der Waals surface area contributed by atoms with E-state index in [1.807, 2.05) is 0 Å². The molecule has 0 saturated heterocycles. The number of nitriles is 1. The average Bonchev–Trinajstić information content (AvgIpc) is 3.07. The molecule has 140 valence electrons. The van der Waals surface area contributed by atoms with E-state index in [4.69, 9.17) is 34.3 Å². The van der Waals surface area contributed by atoms with Crippen molar-refractivity contribution in [3.63, 3.8) is 0 Å². The van der Waals surface area contributed by atoms with Crippen molar-refractivity contribution >= 4 is 52.7 Å². The predicted octanol–water partition coefficient (Wildman–Crippen LogP) is 4.40. The Labute approximate surface area is 175 Å². The molecule has 3 rings (SSSR count). The van der Waals surface area contributed by atoms with Gasteiger partial charge in [0, 0.05) is 34.4 Å². The van der Waals surface area contributed by atoms with Gasteiger partial charge in [0.05, 0.1) is 21.0 Å². The molecule has 0 fully saturated rings. The van der Waals surface area contributed by atoms with Crippen LogP contribution in [0.15, 0.2) is 35.5 Å². The second-order valence-electron chi connectivity index (χ2n) is 5.41. The van der Waals surface area contributed by atoms with Crippen molar-refractivity contribution in [1.29, 1.82) is 10.7 Å². The Balaban J connectivity index is 2.36. The first-order chi connectivity index (χ1) is 13.5. The molecule has 0 aliphatic carbocycles. The fourth-order valence-corrected chi connectivity index (χ4v) is 4.23. The third kappa shape index (κ3) is 3.68. The summed E-state index contributed by atoms with van der Waals surface area (Å²) in [6, 6.07) is 8.92.